The second-order valence-electron chi connectivity index (χ2n) is 3.46. The Hall–Kier alpha value is -1.69. The number of carbonyl (C=O) groups excluding carboxylic acids is 1. The number of esters is 1. The summed E-state index contributed by atoms with van der Waals surface area (Å²) in [4.78, 5) is 15.5. The molecule has 0 radical (unpaired) electrons. The van der Waals surface area contributed by atoms with Crippen LogP contribution in [0.4, 0.5) is 0 Å². The number of hydrogen-bond donors (Lipinski definition) is 0. The van der Waals surface area contributed by atoms with Crippen LogP contribution in [-0.4, -0.2) is 27.8 Å². The van der Waals surface area contributed by atoms with Crippen molar-refractivity contribution in [2.45, 2.75) is 19.9 Å². The molecule has 0 aliphatic heterocycles. The van der Waals surface area contributed by atoms with Crippen molar-refractivity contribution in [1.82, 2.24) is 14.8 Å². The summed E-state index contributed by atoms with van der Waals surface area (Å²) in [5, 5.41) is 6.87. The highest BCUT2D eigenvalue weighted by atomic mass is 32.1. The maximum atomic E-state index is 11.1. The van der Waals surface area contributed by atoms with E-state index in [1.165, 1.54) is 18.4 Å². The number of methoxy groups -OCH3 is 1. The summed E-state index contributed by atoms with van der Waals surface area (Å²) in [6, 6.07) is 0. The van der Waals surface area contributed by atoms with Gasteiger partial charge >= 0.3 is 5.97 Å². The van der Waals surface area contributed by atoms with E-state index in [-0.39, 0.29) is 12.4 Å². The molecule has 0 spiro atoms. The lowest BCUT2D eigenvalue weighted by Crippen LogP contribution is -2.03. The van der Waals surface area contributed by atoms with E-state index in [9.17, 15) is 4.79 Å². The Labute approximate surface area is 103 Å². The molecule has 0 aliphatic carbocycles. The molecule has 2 aromatic rings. The van der Waals surface area contributed by atoms with E-state index in [2.05, 4.69) is 14.8 Å². The number of carbonyl (C=O) groups is 1. The number of hydrogen-bond acceptors (Lipinski definition) is 5. The average molecular weight is 251 g/mol. The second kappa shape index (κ2) is 5.09. The molecule has 0 saturated carbocycles. The molecule has 90 valence electrons. The van der Waals surface area contributed by atoms with Gasteiger partial charge in [0.1, 0.15) is 5.01 Å². The van der Waals surface area contributed by atoms with Crippen molar-refractivity contribution in [3.63, 3.8) is 0 Å². The van der Waals surface area contributed by atoms with Crippen LogP contribution in [0.3, 0.4) is 0 Å². The molecule has 0 N–H and O–H groups in total. The molecular weight excluding hydrogens is 238 g/mol. The third kappa shape index (κ3) is 2.71. The van der Waals surface area contributed by atoms with Crippen LogP contribution in [0.15, 0.2) is 17.8 Å². The normalized spacial score (nSPS) is 10.5. The number of rotatable bonds is 4. The third-order valence-electron chi connectivity index (χ3n) is 2.33. The molecule has 5 nitrogen and oxygen atoms in total. The van der Waals surface area contributed by atoms with Crippen molar-refractivity contribution in [1.29, 1.82) is 0 Å². The van der Waals surface area contributed by atoms with Gasteiger partial charge in [0.05, 0.1) is 25.4 Å². The average Bonchev–Trinajstić information content (AvgIpc) is 2.96. The lowest BCUT2D eigenvalue weighted by molar-refractivity contribution is -0.139. The second-order valence-corrected chi connectivity index (χ2v) is 4.41. The fourth-order valence-electron chi connectivity index (χ4n) is 1.39. The summed E-state index contributed by atoms with van der Waals surface area (Å²) in [7, 11) is 1.38. The number of nitrogens with zero attached hydrogens (tertiary/aromatic N) is 3. The molecular formula is C11H13N3O2S. The Balaban J connectivity index is 2.14. The highest BCUT2D eigenvalue weighted by Crippen LogP contribution is 2.21. The van der Waals surface area contributed by atoms with Gasteiger partial charge in [-0.15, -0.1) is 11.3 Å². The number of thiazole rings is 1. The van der Waals surface area contributed by atoms with E-state index in [1.54, 1.807) is 6.20 Å². The zero-order valence-corrected chi connectivity index (χ0v) is 10.5. The Morgan fingerprint density at radius 1 is 1.59 bits per heavy atom. The fourth-order valence-corrected chi connectivity index (χ4v) is 2.18. The zero-order chi connectivity index (χ0) is 12.3. The molecule has 0 fully saturated rings. The summed E-state index contributed by atoms with van der Waals surface area (Å²) in [6.45, 7) is 2.86. The highest BCUT2D eigenvalue weighted by Gasteiger charge is 2.10. The van der Waals surface area contributed by atoms with E-state index in [0.717, 1.165) is 22.8 Å². The molecule has 0 saturated heterocycles. The first-order valence-electron chi connectivity index (χ1n) is 5.27. The van der Waals surface area contributed by atoms with Crippen LogP contribution in [0.25, 0.3) is 11.3 Å². The molecule has 2 aromatic heterocycles. The van der Waals surface area contributed by atoms with Gasteiger partial charge in [0, 0.05) is 23.7 Å². The van der Waals surface area contributed by atoms with Crippen LogP contribution in [0, 0.1) is 0 Å². The van der Waals surface area contributed by atoms with Gasteiger partial charge in [-0.3, -0.25) is 9.48 Å². The molecule has 2 rings (SSSR count). The molecule has 0 aromatic carbocycles. The van der Waals surface area contributed by atoms with Gasteiger partial charge in [0.2, 0.25) is 0 Å². The number of ether oxygens (including phenoxy) is 1. The first-order chi connectivity index (χ1) is 8.22. The maximum Gasteiger partial charge on any atom is 0.312 e. The van der Waals surface area contributed by atoms with Crippen LogP contribution >= 0.6 is 11.3 Å². The number of aromatic nitrogens is 3. The van der Waals surface area contributed by atoms with Crippen LogP contribution in [0.2, 0.25) is 0 Å². The monoisotopic (exact) mass is 251 g/mol. The molecule has 2 heterocycles. The topological polar surface area (TPSA) is 57.0 Å². The lowest BCUT2D eigenvalue weighted by atomic mass is 10.3. The summed E-state index contributed by atoms with van der Waals surface area (Å²) < 4.78 is 6.44. The maximum absolute atomic E-state index is 11.1. The Kier molecular flexibility index (Phi) is 3.53. The van der Waals surface area contributed by atoms with Gasteiger partial charge in [-0.25, -0.2) is 4.98 Å². The van der Waals surface area contributed by atoms with E-state index >= 15 is 0 Å². The molecule has 6 heteroatoms. The van der Waals surface area contributed by atoms with Gasteiger partial charge in [-0.05, 0) is 6.92 Å². The Morgan fingerprint density at radius 3 is 3.06 bits per heavy atom. The van der Waals surface area contributed by atoms with Crippen molar-refractivity contribution in [3.05, 3.63) is 22.8 Å². The SMILES string of the molecule is CCn1cc(-c2csc(CC(=O)OC)n2)cn1. The summed E-state index contributed by atoms with van der Waals surface area (Å²) in [5.41, 5.74) is 1.83. The van der Waals surface area contributed by atoms with Crippen LogP contribution in [-0.2, 0) is 22.5 Å². The Bertz CT molecular complexity index is 518. The first kappa shape index (κ1) is 11.8. The first-order valence-corrected chi connectivity index (χ1v) is 6.15. The van der Waals surface area contributed by atoms with Gasteiger partial charge in [0.25, 0.3) is 0 Å². The van der Waals surface area contributed by atoms with Crippen LogP contribution < -0.4 is 0 Å². The molecule has 17 heavy (non-hydrogen) atoms. The summed E-state index contributed by atoms with van der Waals surface area (Å²) in [6.07, 6.45) is 3.94. The molecule has 0 aliphatic rings. The van der Waals surface area contributed by atoms with Gasteiger partial charge < -0.3 is 4.74 Å². The van der Waals surface area contributed by atoms with E-state index < -0.39 is 0 Å². The van der Waals surface area contributed by atoms with Crippen LogP contribution in [0.5, 0.6) is 0 Å². The standard InChI is InChI=1S/C11H13N3O2S/c1-3-14-6-8(5-12-14)9-7-17-10(13-9)4-11(15)16-2/h5-7H,3-4H2,1-2H3. The van der Waals surface area contributed by atoms with Gasteiger partial charge in [0.15, 0.2) is 0 Å². The van der Waals surface area contributed by atoms with Crippen molar-refractivity contribution in [3.8, 4) is 11.3 Å². The third-order valence-corrected chi connectivity index (χ3v) is 3.18. The van der Waals surface area contributed by atoms with Crippen molar-refractivity contribution in [2.75, 3.05) is 7.11 Å². The minimum absolute atomic E-state index is 0.225. The van der Waals surface area contributed by atoms with Crippen molar-refractivity contribution < 1.29 is 9.53 Å². The van der Waals surface area contributed by atoms with Crippen LogP contribution in [0.1, 0.15) is 11.9 Å². The molecule has 0 amide bonds. The quantitative estimate of drug-likeness (QED) is 0.777. The summed E-state index contributed by atoms with van der Waals surface area (Å²) in [5.74, 6) is -0.268. The van der Waals surface area contributed by atoms with E-state index in [0.29, 0.717) is 0 Å². The molecule has 0 bridgehead atoms. The lowest BCUT2D eigenvalue weighted by Gasteiger charge is -1.94. The zero-order valence-electron chi connectivity index (χ0n) is 9.71. The van der Waals surface area contributed by atoms with Crippen molar-refractivity contribution in [2.24, 2.45) is 0 Å². The smallest absolute Gasteiger partial charge is 0.312 e. The minimum atomic E-state index is -0.268. The predicted molar refractivity (Wildman–Crippen MR) is 64.7 cm³/mol. The fraction of sp³-hybridized carbons (Fsp3) is 0.364. The summed E-state index contributed by atoms with van der Waals surface area (Å²) >= 11 is 1.46. The van der Waals surface area contributed by atoms with E-state index in [4.69, 9.17) is 0 Å². The largest absolute Gasteiger partial charge is 0.469 e. The van der Waals surface area contributed by atoms with Gasteiger partial charge in [-0.2, -0.15) is 5.10 Å². The molecule has 0 unspecified atom stereocenters. The predicted octanol–water partition coefficient (Wildman–Crippen LogP) is 1.74. The Morgan fingerprint density at radius 2 is 2.41 bits per heavy atom. The minimum Gasteiger partial charge on any atom is -0.469 e. The van der Waals surface area contributed by atoms with Crippen molar-refractivity contribution >= 4 is 17.3 Å². The number of aryl methyl sites for hydroxylation is 1. The molecule has 0 atom stereocenters. The van der Waals surface area contributed by atoms with Gasteiger partial charge in [-0.1, -0.05) is 0 Å². The highest BCUT2D eigenvalue weighted by molar-refractivity contribution is 7.10. The van der Waals surface area contributed by atoms with E-state index in [1.807, 2.05) is 23.2 Å².